The number of nitrogens with one attached hydrogen (secondary N) is 2. The fourth-order valence-electron chi connectivity index (χ4n) is 4.79. The van der Waals surface area contributed by atoms with Gasteiger partial charge in [-0.1, -0.05) is 66.3 Å². The molecule has 0 spiro atoms. The van der Waals surface area contributed by atoms with E-state index in [1.807, 2.05) is 0 Å². The Morgan fingerprint density at radius 1 is 0.857 bits per heavy atom. The van der Waals surface area contributed by atoms with E-state index >= 15 is 0 Å². The molecule has 0 unspecified atom stereocenters. The predicted octanol–water partition coefficient (Wildman–Crippen LogP) is 4.24. The van der Waals surface area contributed by atoms with Crippen LogP contribution >= 0.6 is 0 Å². The smallest absolute Gasteiger partial charge is 0.316 e. The number of hydrogen-bond donors (Lipinski definition) is 2. The van der Waals surface area contributed by atoms with Gasteiger partial charge in [0.05, 0.1) is 0 Å². The van der Waals surface area contributed by atoms with Crippen molar-refractivity contribution in [1.29, 1.82) is 0 Å². The summed E-state index contributed by atoms with van der Waals surface area (Å²) in [5.74, 6) is 0.0445. The largest absolute Gasteiger partial charge is 0.355 e. The predicted molar refractivity (Wildman–Crippen MR) is 143 cm³/mol. The molecule has 0 radical (unpaired) electrons. The Morgan fingerprint density at radius 2 is 1.46 bits per heavy atom. The van der Waals surface area contributed by atoms with Crippen LogP contribution < -0.4 is 10.6 Å². The summed E-state index contributed by atoms with van der Waals surface area (Å²) in [4.78, 5) is 27.6. The highest BCUT2D eigenvalue weighted by atomic mass is 16.2. The van der Waals surface area contributed by atoms with Crippen LogP contribution in [0.3, 0.4) is 0 Å². The number of fused-ring (bicyclic) bond motifs is 2. The van der Waals surface area contributed by atoms with E-state index in [9.17, 15) is 9.59 Å². The molecule has 1 heterocycles. The first-order valence-electron chi connectivity index (χ1n) is 12.6. The second-order valence-corrected chi connectivity index (χ2v) is 9.41. The van der Waals surface area contributed by atoms with Crippen molar-refractivity contribution in [2.45, 2.75) is 25.7 Å². The van der Waals surface area contributed by atoms with Crippen molar-refractivity contribution in [2.75, 3.05) is 46.8 Å². The van der Waals surface area contributed by atoms with Crippen LogP contribution in [0.15, 0.2) is 54.1 Å². The normalized spacial score (nSPS) is 15.1. The van der Waals surface area contributed by atoms with E-state index in [4.69, 9.17) is 0 Å². The molecule has 2 aliphatic rings. The van der Waals surface area contributed by atoms with Gasteiger partial charge in [0.2, 0.25) is 5.91 Å². The lowest BCUT2D eigenvalue weighted by atomic mass is 9.86. The standard InChI is InChI=1S/C29H36N4O2/c1-32(2)29(35)31-17-7-12-27(34)30-18-21-33-19-15-24(16-20-33)28-25-10-5-3-8-22(25)13-14-23-9-4-6-11-26(23)28/h3-6,8-11,13-14H,7,12,15-21H2,1-2H3,(H,30,34)(H,31,35). The van der Waals surface area contributed by atoms with Crippen LogP contribution in [-0.2, 0) is 4.79 Å². The number of carbonyl (C=O) groups is 2. The van der Waals surface area contributed by atoms with Crippen molar-refractivity contribution in [1.82, 2.24) is 20.4 Å². The molecule has 4 rings (SSSR count). The van der Waals surface area contributed by atoms with Gasteiger partial charge in [-0.2, -0.15) is 0 Å². The first kappa shape index (κ1) is 24.7. The minimum Gasteiger partial charge on any atom is -0.355 e. The minimum atomic E-state index is -0.128. The second-order valence-electron chi connectivity index (χ2n) is 9.41. The zero-order chi connectivity index (χ0) is 24.6. The molecule has 1 saturated heterocycles. The number of urea groups is 1. The first-order chi connectivity index (χ1) is 17.0. The van der Waals surface area contributed by atoms with Crippen molar-refractivity contribution < 1.29 is 9.59 Å². The van der Waals surface area contributed by atoms with Gasteiger partial charge in [-0.05, 0) is 47.1 Å². The maximum atomic E-state index is 12.1. The van der Waals surface area contributed by atoms with Gasteiger partial charge in [0.25, 0.3) is 0 Å². The molecule has 3 amide bonds. The van der Waals surface area contributed by atoms with Crippen LogP contribution in [0.4, 0.5) is 4.79 Å². The number of benzene rings is 2. The summed E-state index contributed by atoms with van der Waals surface area (Å²) in [6.07, 6.45) is 7.61. The average molecular weight is 473 g/mol. The summed E-state index contributed by atoms with van der Waals surface area (Å²) in [5, 5.41) is 5.81. The van der Waals surface area contributed by atoms with Gasteiger partial charge in [-0.3, -0.25) is 4.79 Å². The van der Waals surface area contributed by atoms with E-state index in [0.29, 0.717) is 25.9 Å². The van der Waals surface area contributed by atoms with Crippen molar-refractivity contribution in [3.63, 3.8) is 0 Å². The van der Waals surface area contributed by atoms with Gasteiger partial charge in [0, 0.05) is 53.2 Å². The van der Waals surface area contributed by atoms with Crippen LogP contribution in [-0.4, -0.2) is 68.6 Å². The molecule has 0 bridgehead atoms. The zero-order valence-electron chi connectivity index (χ0n) is 20.8. The van der Waals surface area contributed by atoms with Gasteiger partial charge in [-0.15, -0.1) is 0 Å². The van der Waals surface area contributed by atoms with Gasteiger partial charge in [-0.25, -0.2) is 4.79 Å². The molecule has 1 fully saturated rings. The number of carbonyl (C=O) groups excluding carboxylic acids is 2. The molecular formula is C29H36N4O2. The molecule has 6 nitrogen and oxygen atoms in total. The number of likely N-dealkylation sites (tertiary alicyclic amines) is 1. The summed E-state index contributed by atoms with van der Waals surface area (Å²) in [7, 11) is 3.40. The molecule has 35 heavy (non-hydrogen) atoms. The van der Waals surface area contributed by atoms with Crippen LogP contribution in [0.5, 0.6) is 0 Å². The van der Waals surface area contributed by atoms with Gasteiger partial charge in [0.1, 0.15) is 0 Å². The van der Waals surface area contributed by atoms with Crippen LogP contribution in [0.1, 0.15) is 47.9 Å². The average Bonchev–Trinajstić information content (AvgIpc) is 3.04. The monoisotopic (exact) mass is 472 g/mol. The molecule has 2 aromatic carbocycles. The molecule has 0 saturated carbocycles. The fraction of sp³-hybridized carbons (Fsp3) is 0.379. The Balaban J connectivity index is 1.29. The highest BCUT2D eigenvalue weighted by Crippen LogP contribution is 2.38. The Labute approximate surface area is 208 Å². The Morgan fingerprint density at radius 3 is 2.06 bits per heavy atom. The zero-order valence-corrected chi connectivity index (χ0v) is 20.8. The van der Waals surface area contributed by atoms with E-state index < -0.39 is 0 Å². The van der Waals surface area contributed by atoms with E-state index in [2.05, 4.69) is 76.2 Å². The molecular weight excluding hydrogens is 436 g/mol. The number of amides is 3. The molecule has 1 aliphatic heterocycles. The van der Waals surface area contributed by atoms with E-state index in [1.165, 1.54) is 38.3 Å². The van der Waals surface area contributed by atoms with Crippen LogP contribution in [0, 0.1) is 0 Å². The SMILES string of the molecule is CN(C)C(=O)NCCCC(=O)NCCN1CCC(=C2c3ccccc3C=Cc3ccccc32)CC1. The van der Waals surface area contributed by atoms with Crippen molar-refractivity contribution in [3.8, 4) is 0 Å². The third-order valence-electron chi connectivity index (χ3n) is 6.73. The fourth-order valence-corrected chi connectivity index (χ4v) is 4.79. The molecule has 184 valence electrons. The quantitative estimate of drug-likeness (QED) is 0.506. The number of hydrogen-bond acceptors (Lipinski definition) is 3. The third kappa shape index (κ3) is 6.40. The van der Waals surface area contributed by atoms with E-state index in [-0.39, 0.29) is 11.9 Å². The van der Waals surface area contributed by atoms with Crippen LogP contribution in [0.2, 0.25) is 0 Å². The van der Waals surface area contributed by atoms with Crippen molar-refractivity contribution in [3.05, 3.63) is 76.4 Å². The Hall–Kier alpha value is -3.38. The number of nitrogens with zero attached hydrogens (tertiary/aromatic N) is 2. The summed E-state index contributed by atoms with van der Waals surface area (Å²) in [6, 6.07) is 17.3. The van der Waals surface area contributed by atoms with Crippen LogP contribution in [0.25, 0.3) is 17.7 Å². The lowest BCUT2D eigenvalue weighted by Crippen LogP contribution is -2.38. The molecule has 2 N–H and O–H groups in total. The topological polar surface area (TPSA) is 64.7 Å². The molecule has 0 aromatic heterocycles. The van der Waals surface area contributed by atoms with Crippen molar-refractivity contribution in [2.24, 2.45) is 0 Å². The second kappa shape index (κ2) is 11.8. The van der Waals surface area contributed by atoms with Gasteiger partial charge in [0.15, 0.2) is 0 Å². The minimum absolute atomic E-state index is 0.0445. The summed E-state index contributed by atoms with van der Waals surface area (Å²) < 4.78 is 0. The lowest BCUT2D eigenvalue weighted by molar-refractivity contribution is -0.121. The molecule has 1 aliphatic carbocycles. The van der Waals surface area contributed by atoms with E-state index in [1.54, 1.807) is 14.1 Å². The maximum absolute atomic E-state index is 12.1. The highest BCUT2D eigenvalue weighted by Gasteiger charge is 2.22. The van der Waals surface area contributed by atoms with E-state index in [0.717, 1.165) is 32.5 Å². The molecule has 2 aromatic rings. The third-order valence-corrected chi connectivity index (χ3v) is 6.73. The highest BCUT2D eigenvalue weighted by molar-refractivity contribution is 5.94. The van der Waals surface area contributed by atoms with Gasteiger partial charge >= 0.3 is 6.03 Å². The molecule has 6 heteroatoms. The number of rotatable bonds is 7. The summed E-state index contributed by atoms with van der Waals surface area (Å²) in [5.41, 5.74) is 8.12. The Bertz CT molecular complexity index is 1060. The van der Waals surface area contributed by atoms with Gasteiger partial charge < -0.3 is 20.4 Å². The summed E-state index contributed by atoms with van der Waals surface area (Å²) in [6.45, 7) is 4.03. The maximum Gasteiger partial charge on any atom is 0.316 e. The summed E-state index contributed by atoms with van der Waals surface area (Å²) >= 11 is 0. The first-order valence-corrected chi connectivity index (χ1v) is 12.6. The number of piperidine rings is 1. The van der Waals surface area contributed by atoms with Crippen molar-refractivity contribution >= 4 is 29.7 Å². The lowest BCUT2D eigenvalue weighted by Gasteiger charge is -2.30. The molecule has 0 atom stereocenters. The Kier molecular flexibility index (Phi) is 8.37.